The SMILES string of the molecule is C=c1ncnc(C)/c1=C/C(=C\C)c1ccc(F)cc1.CCc1ccc(C)nc1. The average molecular weight is 375 g/mol. The van der Waals surface area contributed by atoms with Crippen molar-refractivity contribution < 1.29 is 4.39 Å². The zero-order valence-electron chi connectivity index (χ0n) is 16.9. The third kappa shape index (κ3) is 5.95. The Hall–Kier alpha value is -3.14. The predicted octanol–water partition coefficient (Wildman–Crippen LogP) is 4.17. The topological polar surface area (TPSA) is 38.7 Å². The Balaban J connectivity index is 0.000000261. The Kier molecular flexibility index (Phi) is 7.76. The largest absolute Gasteiger partial charge is 0.261 e. The van der Waals surface area contributed by atoms with Gasteiger partial charge in [0.2, 0.25) is 0 Å². The number of hydrogen-bond donors (Lipinski definition) is 0. The van der Waals surface area contributed by atoms with Gasteiger partial charge in [0.1, 0.15) is 12.1 Å². The number of nitrogens with zero attached hydrogens (tertiary/aromatic N) is 3. The lowest BCUT2D eigenvalue weighted by Gasteiger charge is -2.03. The molecule has 1 aromatic carbocycles. The second kappa shape index (κ2) is 10.3. The molecular formula is C24H26FN3. The second-order valence-electron chi connectivity index (χ2n) is 6.38. The normalized spacial score (nSPS) is 11.8. The summed E-state index contributed by atoms with van der Waals surface area (Å²) in [5, 5.41) is 1.59. The summed E-state index contributed by atoms with van der Waals surface area (Å²) in [7, 11) is 0. The van der Waals surface area contributed by atoms with E-state index in [0.717, 1.165) is 34.2 Å². The van der Waals surface area contributed by atoms with Crippen LogP contribution in [-0.2, 0) is 6.42 Å². The molecule has 0 saturated heterocycles. The standard InChI is InChI=1S/C16H15FN2.C8H11N/c1-4-13(14-5-7-15(17)8-6-14)9-16-11(2)18-10-19-12(16)3;1-3-8-5-4-7(2)9-6-8/h4-10H,2H2,1,3H3;4-6H,3H2,1-2H3/b13-4+,16-9+;. The molecule has 0 spiro atoms. The molecule has 144 valence electrons. The maximum Gasteiger partial charge on any atom is 0.123 e. The van der Waals surface area contributed by atoms with Crippen LogP contribution in [0.2, 0.25) is 0 Å². The number of allylic oxidation sites excluding steroid dienone is 2. The van der Waals surface area contributed by atoms with Gasteiger partial charge < -0.3 is 0 Å². The minimum absolute atomic E-state index is 0.240. The summed E-state index contributed by atoms with van der Waals surface area (Å²) in [6, 6.07) is 10.6. The molecule has 0 atom stereocenters. The van der Waals surface area contributed by atoms with Gasteiger partial charge in [0.25, 0.3) is 0 Å². The molecule has 0 radical (unpaired) electrons. The highest BCUT2D eigenvalue weighted by Gasteiger charge is 2.00. The van der Waals surface area contributed by atoms with Crippen molar-refractivity contribution >= 4 is 18.2 Å². The lowest BCUT2D eigenvalue weighted by Crippen LogP contribution is -2.30. The lowest BCUT2D eigenvalue weighted by atomic mass is 10.0. The number of hydrogen-bond acceptors (Lipinski definition) is 3. The Labute approximate surface area is 166 Å². The molecule has 3 rings (SSSR count). The van der Waals surface area contributed by atoms with Gasteiger partial charge >= 0.3 is 0 Å². The second-order valence-corrected chi connectivity index (χ2v) is 6.38. The molecule has 3 nitrogen and oxygen atoms in total. The number of aryl methyl sites for hydroxylation is 3. The van der Waals surface area contributed by atoms with E-state index in [1.165, 1.54) is 24.0 Å². The van der Waals surface area contributed by atoms with Crippen LogP contribution in [-0.4, -0.2) is 15.0 Å². The van der Waals surface area contributed by atoms with Crippen molar-refractivity contribution in [2.75, 3.05) is 0 Å². The summed E-state index contributed by atoms with van der Waals surface area (Å²) < 4.78 is 12.9. The van der Waals surface area contributed by atoms with Crippen molar-refractivity contribution in [3.8, 4) is 0 Å². The highest BCUT2D eigenvalue weighted by Crippen LogP contribution is 2.16. The molecule has 0 aliphatic heterocycles. The van der Waals surface area contributed by atoms with Gasteiger partial charge in [0.15, 0.2) is 0 Å². The minimum atomic E-state index is -0.240. The first-order chi connectivity index (χ1) is 13.4. The smallest absolute Gasteiger partial charge is 0.123 e. The molecule has 0 unspecified atom stereocenters. The minimum Gasteiger partial charge on any atom is -0.261 e. The number of halogens is 1. The molecule has 0 aliphatic carbocycles. The number of benzene rings is 1. The Morgan fingerprint density at radius 1 is 1.04 bits per heavy atom. The Bertz CT molecular complexity index is 1040. The van der Waals surface area contributed by atoms with Crippen molar-refractivity contribution in [3.05, 3.63) is 93.9 Å². The molecule has 0 amide bonds. The average Bonchev–Trinajstić information content (AvgIpc) is 2.70. The summed E-state index contributed by atoms with van der Waals surface area (Å²) in [6.07, 6.45) is 8.45. The highest BCUT2D eigenvalue weighted by molar-refractivity contribution is 5.88. The summed E-state index contributed by atoms with van der Waals surface area (Å²) >= 11 is 0. The number of pyridine rings is 1. The maximum atomic E-state index is 12.9. The van der Waals surface area contributed by atoms with E-state index in [-0.39, 0.29) is 5.82 Å². The first kappa shape index (κ1) is 21.2. The van der Waals surface area contributed by atoms with Crippen LogP contribution in [0.5, 0.6) is 0 Å². The summed E-state index contributed by atoms with van der Waals surface area (Å²) in [5.41, 5.74) is 5.21. The van der Waals surface area contributed by atoms with Crippen molar-refractivity contribution in [3.63, 3.8) is 0 Å². The lowest BCUT2D eigenvalue weighted by molar-refractivity contribution is 0.627. The molecule has 28 heavy (non-hydrogen) atoms. The van der Waals surface area contributed by atoms with Gasteiger partial charge in [0, 0.05) is 22.8 Å². The number of rotatable bonds is 3. The van der Waals surface area contributed by atoms with E-state index in [0.29, 0.717) is 5.35 Å². The van der Waals surface area contributed by atoms with Crippen LogP contribution in [0.3, 0.4) is 0 Å². The molecule has 0 saturated carbocycles. The van der Waals surface area contributed by atoms with Crippen molar-refractivity contribution in [2.24, 2.45) is 0 Å². The van der Waals surface area contributed by atoms with Gasteiger partial charge in [-0.2, -0.15) is 0 Å². The molecule has 0 bridgehead atoms. The van der Waals surface area contributed by atoms with Crippen LogP contribution in [0.25, 0.3) is 18.2 Å². The summed E-state index contributed by atoms with van der Waals surface area (Å²) in [4.78, 5) is 12.4. The predicted molar refractivity (Wildman–Crippen MR) is 114 cm³/mol. The Morgan fingerprint density at radius 3 is 2.29 bits per heavy atom. The van der Waals surface area contributed by atoms with E-state index in [1.54, 1.807) is 12.1 Å². The first-order valence-corrected chi connectivity index (χ1v) is 9.26. The summed E-state index contributed by atoms with van der Waals surface area (Å²) in [5.74, 6) is -0.240. The quantitative estimate of drug-likeness (QED) is 0.690. The van der Waals surface area contributed by atoms with Crippen LogP contribution in [0.15, 0.2) is 55.0 Å². The molecule has 2 aromatic heterocycles. The fraction of sp³-hybridized carbons (Fsp3) is 0.208. The van der Waals surface area contributed by atoms with Crippen LogP contribution in [0.4, 0.5) is 4.39 Å². The number of aromatic nitrogens is 3. The van der Waals surface area contributed by atoms with Crippen LogP contribution >= 0.6 is 0 Å². The third-order valence-corrected chi connectivity index (χ3v) is 4.33. The zero-order valence-corrected chi connectivity index (χ0v) is 16.9. The molecular weight excluding hydrogens is 349 g/mol. The van der Waals surface area contributed by atoms with E-state index in [2.05, 4.69) is 34.5 Å². The van der Waals surface area contributed by atoms with Gasteiger partial charge in [-0.1, -0.05) is 37.8 Å². The van der Waals surface area contributed by atoms with Gasteiger partial charge in [0.05, 0.1) is 5.35 Å². The summed E-state index contributed by atoms with van der Waals surface area (Å²) in [6.45, 7) is 11.9. The van der Waals surface area contributed by atoms with Crippen molar-refractivity contribution in [2.45, 2.75) is 34.1 Å². The van der Waals surface area contributed by atoms with Crippen LogP contribution in [0.1, 0.15) is 36.4 Å². The fourth-order valence-corrected chi connectivity index (χ4v) is 2.56. The van der Waals surface area contributed by atoms with Crippen molar-refractivity contribution in [1.29, 1.82) is 0 Å². The van der Waals surface area contributed by atoms with Gasteiger partial charge in [-0.3, -0.25) is 4.98 Å². The molecule has 4 heteroatoms. The van der Waals surface area contributed by atoms with E-state index in [1.807, 2.05) is 45.2 Å². The van der Waals surface area contributed by atoms with Crippen LogP contribution < -0.4 is 10.6 Å². The van der Waals surface area contributed by atoms with E-state index < -0.39 is 0 Å². The molecule has 0 aliphatic rings. The fourth-order valence-electron chi connectivity index (χ4n) is 2.56. The molecule has 0 N–H and O–H groups in total. The molecule has 3 aromatic rings. The molecule has 2 heterocycles. The van der Waals surface area contributed by atoms with E-state index in [9.17, 15) is 4.39 Å². The van der Waals surface area contributed by atoms with E-state index in [4.69, 9.17) is 0 Å². The van der Waals surface area contributed by atoms with Gasteiger partial charge in [-0.05, 0) is 68.2 Å². The van der Waals surface area contributed by atoms with Crippen molar-refractivity contribution in [1.82, 2.24) is 15.0 Å². The highest BCUT2D eigenvalue weighted by atomic mass is 19.1. The van der Waals surface area contributed by atoms with E-state index >= 15 is 0 Å². The molecule has 0 fully saturated rings. The monoisotopic (exact) mass is 375 g/mol. The van der Waals surface area contributed by atoms with Gasteiger partial charge in [-0.25, -0.2) is 14.4 Å². The Morgan fingerprint density at radius 2 is 1.75 bits per heavy atom. The van der Waals surface area contributed by atoms with Crippen LogP contribution in [0, 0.1) is 19.7 Å². The third-order valence-electron chi connectivity index (χ3n) is 4.33. The zero-order chi connectivity index (χ0) is 20.5. The first-order valence-electron chi connectivity index (χ1n) is 9.26. The maximum absolute atomic E-state index is 12.9. The van der Waals surface area contributed by atoms with Gasteiger partial charge in [-0.15, -0.1) is 0 Å².